The van der Waals surface area contributed by atoms with Gasteiger partial charge in [-0.3, -0.25) is 9.59 Å². The average Bonchev–Trinajstić information content (AvgIpc) is 3.28. The largest absolute Gasteiger partial charge is 0.477 e. The molecule has 0 aromatic carbocycles. The lowest BCUT2D eigenvalue weighted by Crippen LogP contribution is -2.40. The molecule has 9 nitrogen and oxygen atoms in total. The van der Waals surface area contributed by atoms with E-state index in [-0.39, 0.29) is 32.2 Å². The Morgan fingerprint density at radius 3 is 1.12 bits per heavy atom. The number of carbonyl (C=O) groups is 3. The van der Waals surface area contributed by atoms with Crippen LogP contribution in [0.1, 0.15) is 264 Å². The van der Waals surface area contributed by atoms with Crippen LogP contribution in [0.25, 0.3) is 0 Å². The minimum Gasteiger partial charge on any atom is -0.477 e. The van der Waals surface area contributed by atoms with Crippen LogP contribution in [0.4, 0.5) is 0 Å². The molecule has 66 heavy (non-hydrogen) atoms. The Kier molecular flexibility index (Phi) is 47.5. The molecule has 0 heterocycles. The lowest BCUT2D eigenvalue weighted by molar-refractivity contribution is -0.870. The van der Waals surface area contributed by atoms with Crippen molar-refractivity contribution in [2.75, 3.05) is 47.5 Å². The second-order valence-corrected chi connectivity index (χ2v) is 20.2. The summed E-state index contributed by atoms with van der Waals surface area (Å²) in [7, 11) is 5.97. The summed E-state index contributed by atoms with van der Waals surface area (Å²) < 4.78 is 22.9. The van der Waals surface area contributed by atoms with Gasteiger partial charge in [-0.25, -0.2) is 4.79 Å². The van der Waals surface area contributed by atoms with E-state index in [2.05, 4.69) is 38.2 Å². The molecule has 1 N–H and O–H groups in total. The molecule has 0 saturated carbocycles. The van der Waals surface area contributed by atoms with Crippen LogP contribution in [0, 0.1) is 0 Å². The van der Waals surface area contributed by atoms with E-state index in [0.717, 1.165) is 51.4 Å². The molecule has 388 valence electrons. The van der Waals surface area contributed by atoms with Gasteiger partial charge in [0.05, 0.1) is 34.4 Å². The monoisotopic (exact) mass is 935 g/mol. The minimum absolute atomic E-state index is 0.182. The number of nitrogens with zero attached hydrogens (tertiary/aromatic N) is 1. The number of likely N-dealkylation sites (N-methyl/N-ethyl adjacent to an activating group) is 1. The van der Waals surface area contributed by atoms with Crippen molar-refractivity contribution in [3.05, 3.63) is 24.3 Å². The summed E-state index contributed by atoms with van der Waals surface area (Å²) in [5, 5.41) is 9.68. The Balaban J connectivity index is 4.23. The molecule has 0 amide bonds. The molecule has 9 heteroatoms. The lowest BCUT2D eigenvalue weighted by Gasteiger charge is -2.25. The molecule has 0 rings (SSSR count). The molecule has 0 aliphatic rings. The third-order valence-electron chi connectivity index (χ3n) is 12.4. The summed E-state index contributed by atoms with van der Waals surface area (Å²) in [6.07, 6.45) is 53.9. The third-order valence-corrected chi connectivity index (χ3v) is 12.4. The number of quaternary nitrogens is 1. The van der Waals surface area contributed by atoms with E-state index in [1.54, 1.807) is 0 Å². The number of allylic oxidation sites excluding steroid dienone is 4. The van der Waals surface area contributed by atoms with Crippen LogP contribution in [0.15, 0.2) is 24.3 Å². The number of ether oxygens (including phenoxy) is 4. The molecule has 0 radical (unpaired) electrons. The first-order valence-electron chi connectivity index (χ1n) is 28.0. The summed E-state index contributed by atoms with van der Waals surface area (Å²) in [6, 6.07) is 0. The van der Waals surface area contributed by atoms with Crippen LogP contribution in [-0.4, -0.2) is 87.4 Å². The first-order valence-corrected chi connectivity index (χ1v) is 28.0. The van der Waals surface area contributed by atoms with E-state index in [1.807, 2.05) is 21.1 Å². The zero-order chi connectivity index (χ0) is 48.4. The van der Waals surface area contributed by atoms with Gasteiger partial charge in [-0.1, -0.05) is 212 Å². The summed E-state index contributed by atoms with van der Waals surface area (Å²) in [4.78, 5) is 37.3. The van der Waals surface area contributed by atoms with Crippen molar-refractivity contribution in [2.45, 2.75) is 277 Å². The van der Waals surface area contributed by atoms with Crippen LogP contribution in [0.5, 0.6) is 0 Å². The normalized spacial score (nSPS) is 12.9. The predicted octanol–water partition coefficient (Wildman–Crippen LogP) is 16.0. The molecule has 0 spiro atoms. The van der Waals surface area contributed by atoms with E-state index in [4.69, 9.17) is 18.9 Å². The van der Waals surface area contributed by atoms with Gasteiger partial charge in [0, 0.05) is 12.8 Å². The Morgan fingerprint density at radius 1 is 0.439 bits per heavy atom. The standard InChI is InChI=1S/C57H107NO8/c1-6-8-10-12-14-16-18-20-22-24-25-26-27-28-29-30-31-32-34-36-38-40-42-44-46-48-55(60)66-53(52-65-57(56(61)62)63-50-49-58(3,4)5)51-64-54(59)47-45-43-41-39-37-35-33-23-21-19-17-15-13-11-9-7-2/h23-25,33,53,57H,6-22,26-32,34-52H2,1-5H3/p+1/b25-24-,33-23-. The van der Waals surface area contributed by atoms with Crippen molar-refractivity contribution in [1.29, 1.82) is 0 Å². The molecule has 2 atom stereocenters. The molecule has 0 aromatic heterocycles. The van der Waals surface area contributed by atoms with E-state index in [1.165, 1.54) is 186 Å². The molecule has 0 aromatic rings. The zero-order valence-electron chi connectivity index (χ0n) is 44.1. The highest BCUT2D eigenvalue weighted by Crippen LogP contribution is 2.16. The maximum atomic E-state index is 12.9. The number of carboxylic acids is 1. The molecule has 0 aliphatic carbocycles. The maximum absolute atomic E-state index is 12.9. The summed E-state index contributed by atoms with van der Waals surface area (Å²) in [5.74, 6) is -2.00. The van der Waals surface area contributed by atoms with E-state index >= 15 is 0 Å². The molecule has 0 fully saturated rings. The van der Waals surface area contributed by atoms with Crippen molar-refractivity contribution in [1.82, 2.24) is 0 Å². The number of unbranched alkanes of at least 4 members (excludes halogenated alkanes) is 33. The fourth-order valence-electron chi connectivity index (χ4n) is 8.06. The highest BCUT2D eigenvalue weighted by Gasteiger charge is 2.25. The van der Waals surface area contributed by atoms with Crippen molar-refractivity contribution in [3.8, 4) is 0 Å². The van der Waals surface area contributed by atoms with Crippen molar-refractivity contribution >= 4 is 17.9 Å². The van der Waals surface area contributed by atoms with Crippen LogP contribution >= 0.6 is 0 Å². The molecule has 0 bridgehead atoms. The first-order chi connectivity index (χ1) is 32.1. The molecule has 0 aliphatic heterocycles. The van der Waals surface area contributed by atoms with Crippen LogP contribution in [0.3, 0.4) is 0 Å². The smallest absolute Gasteiger partial charge is 0.361 e. The highest BCUT2D eigenvalue weighted by atomic mass is 16.7. The fraction of sp³-hybridized carbons (Fsp3) is 0.877. The maximum Gasteiger partial charge on any atom is 0.361 e. The van der Waals surface area contributed by atoms with E-state index in [9.17, 15) is 19.5 Å². The number of hydrogen-bond donors (Lipinski definition) is 1. The molecule has 2 unspecified atom stereocenters. The number of carboxylic acid groups (broad SMARTS) is 1. The van der Waals surface area contributed by atoms with Crippen molar-refractivity contribution in [3.63, 3.8) is 0 Å². The number of hydrogen-bond acceptors (Lipinski definition) is 7. The second kappa shape index (κ2) is 49.2. The number of rotatable bonds is 52. The van der Waals surface area contributed by atoms with Gasteiger partial charge >= 0.3 is 17.9 Å². The fourth-order valence-corrected chi connectivity index (χ4v) is 8.06. The van der Waals surface area contributed by atoms with Gasteiger partial charge in [0.15, 0.2) is 6.10 Å². The number of esters is 2. The Morgan fingerprint density at radius 2 is 0.773 bits per heavy atom. The average molecular weight is 935 g/mol. The second-order valence-electron chi connectivity index (χ2n) is 20.2. The van der Waals surface area contributed by atoms with Gasteiger partial charge in [0.1, 0.15) is 13.2 Å². The predicted molar refractivity (Wildman–Crippen MR) is 277 cm³/mol. The lowest BCUT2D eigenvalue weighted by atomic mass is 10.0. The SMILES string of the molecule is CCCCCCCCC/C=C\CCCCCCCC(=O)OCC(COC(OCC[N+](C)(C)C)C(=O)O)OC(=O)CCCCCCCCCCCCCCC/C=C\CCCCCCCCCC. The van der Waals surface area contributed by atoms with Crippen molar-refractivity contribution < 1.29 is 42.9 Å². The van der Waals surface area contributed by atoms with Crippen LogP contribution < -0.4 is 0 Å². The Bertz CT molecular complexity index is 1130. The van der Waals surface area contributed by atoms with E-state index in [0.29, 0.717) is 17.4 Å². The third kappa shape index (κ3) is 49.7. The van der Waals surface area contributed by atoms with Crippen LogP contribution in [0.2, 0.25) is 0 Å². The summed E-state index contributed by atoms with van der Waals surface area (Å²) >= 11 is 0. The number of carbonyl (C=O) groups excluding carboxylic acids is 2. The molecular weight excluding hydrogens is 827 g/mol. The van der Waals surface area contributed by atoms with Gasteiger partial charge in [-0.15, -0.1) is 0 Å². The van der Waals surface area contributed by atoms with Crippen molar-refractivity contribution in [2.24, 2.45) is 0 Å². The number of aliphatic carboxylic acids is 1. The summed E-state index contributed by atoms with van der Waals surface area (Å²) in [5.41, 5.74) is 0. The minimum atomic E-state index is -1.51. The van der Waals surface area contributed by atoms with Gasteiger partial charge in [-0.2, -0.15) is 0 Å². The van der Waals surface area contributed by atoms with Gasteiger partial charge in [-0.05, 0) is 64.2 Å². The Hall–Kier alpha value is -2.23. The first kappa shape index (κ1) is 63.8. The van der Waals surface area contributed by atoms with E-state index < -0.39 is 24.3 Å². The van der Waals surface area contributed by atoms with Gasteiger partial charge < -0.3 is 28.5 Å². The zero-order valence-corrected chi connectivity index (χ0v) is 44.1. The highest BCUT2D eigenvalue weighted by molar-refractivity contribution is 5.71. The van der Waals surface area contributed by atoms with Crippen LogP contribution in [-0.2, 0) is 33.3 Å². The quantitative estimate of drug-likeness (QED) is 0.0211. The van der Waals surface area contributed by atoms with Gasteiger partial charge in [0.2, 0.25) is 0 Å². The molecular formula is C57H108NO8+. The topological polar surface area (TPSA) is 108 Å². The van der Waals surface area contributed by atoms with Gasteiger partial charge in [0.25, 0.3) is 6.29 Å². The molecule has 0 saturated heterocycles. The Labute approximate surface area is 407 Å². The summed E-state index contributed by atoms with van der Waals surface area (Å²) in [6.45, 7) is 4.90.